The molecule has 8 nitrogen and oxygen atoms in total. The van der Waals surface area contributed by atoms with Crippen molar-refractivity contribution in [2.24, 2.45) is 0 Å². The number of phenolic OH excluding ortho intramolecular Hbond substituents is 1. The van der Waals surface area contributed by atoms with Gasteiger partial charge in [-0.3, -0.25) is 10.1 Å². The van der Waals surface area contributed by atoms with Gasteiger partial charge in [0, 0.05) is 12.1 Å². The van der Waals surface area contributed by atoms with Gasteiger partial charge in [-0.1, -0.05) is 0 Å². The molecule has 21 heavy (non-hydrogen) atoms. The van der Waals surface area contributed by atoms with E-state index in [9.17, 15) is 19.6 Å². The third-order valence-electron chi connectivity index (χ3n) is 2.82. The van der Waals surface area contributed by atoms with Crippen molar-refractivity contribution < 1.29 is 19.0 Å². The van der Waals surface area contributed by atoms with Gasteiger partial charge in [0.25, 0.3) is 0 Å². The quantitative estimate of drug-likeness (QED) is 0.433. The van der Waals surface area contributed by atoms with E-state index in [-0.39, 0.29) is 28.2 Å². The predicted molar refractivity (Wildman–Crippen MR) is 69.8 cm³/mol. The number of halogens is 1. The Morgan fingerprint density at radius 1 is 1.19 bits per heavy atom. The molecule has 9 heteroatoms. The summed E-state index contributed by atoms with van der Waals surface area (Å²) in [5.74, 6) is -0.895. The summed E-state index contributed by atoms with van der Waals surface area (Å²) < 4.78 is 17.4. The van der Waals surface area contributed by atoms with Gasteiger partial charge in [0.05, 0.1) is 16.3 Å². The Balaban J connectivity index is 2.07. The highest BCUT2D eigenvalue weighted by Gasteiger charge is 2.20. The average Bonchev–Trinajstić information content (AvgIpc) is 2.91. The minimum atomic E-state index is -0.605. The fourth-order valence-electron chi connectivity index (χ4n) is 1.86. The SMILES string of the molecule is O=[N+]([O-])c1ccc(Nc2ccc(F)cc2O)c2nonc12. The lowest BCUT2D eigenvalue weighted by molar-refractivity contribution is -0.383. The highest BCUT2D eigenvalue weighted by atomic mass is 19.1. The smallest absolute Gasteiger partial charge is 0.300 e. The Hall–Kier alpha value is -3.23. The van der Waals surface area contributed by atoms with Gasteiger partial charge in [0.2, 0.25) is 5.52 Å². The molecule has 2 aromatic carbocycles. The van der Waals surface area contributed by atoms with Gasteiger partial charge in [-0.25, -0.2) is 9.02 Å². The van der Waals surface area contributed by atoms with Gasteiger partial charge in [-0.05, 0) is 28.5 Å². The Bertz CT molecular complexity index is 848. The molecule has 0 saturated carbocycles. The summed E-state index contributed by atoms with van der Waals surface area (Å²) in [7, 11) is 0. The summed E-state index contributed by atoms with van der Waals surface area (Å²) >= 11 is 0. The monoisotopic (exact) mass is 290 g/mol. The van der Waals surface area contributed by atoms with Crippen molar-refractivity contribution in [3.05, 3.63) is 46.3 Å². The maximum Gasteiger partial charge on any atom is 0.300 e. The molecular formula is C12H7FN4O4. The van der Waals surface area contributed by atoms with E-state index >= 15 is 0 Å². The zero-order valence-corrected chi connectivity index (χ0v) is 10.3. The molecule has 0 amide bonds. The second-order valence-electron chi connectivity index (χ2n) is 4.14. The van der Waals surface area contributed by atoms with E-state index in [4.69, 9.17) is 0 Å². The zero-order valence-electron chi connectivity index (χ0n) is 10.3. The van der Waals surface area contributed by atoms with Crippen LogP contribution in [0.5, 0.6) is 5.75 Å². The highest BCUT2D eigenvalue weighted by Crippen LogP contribution is 2.33. The number of hydrogen-bond donors (Lipinski definition) is 2. The minimum absolute atomic E-state index is 0.0217. The fraction of sp³-hybridized carbons (Fsp3) is 0. The van der Waals surface area contributed by atoms with E-state index in [1.807, 2.05) is 0 Å². The summed E-state index contributed by atoms with van der Waals surface area (Å²) in [4.78, 5) is 10.3. The normalized spacial score (nSPS) is 10.7. The zero-order chi connectivity index (χ0) is 15.0. The molecule has 0 aliphatic rings. The molecule has 0 atom stereocenters. The standard InChI is InChI=1S/C12H7FN4O4/c13-6-1-2-7(10(18)5-6)14-8-3-4-9(17(19)20)12-11(8)15-21-16-12/h1-5,14,18H. The average molecular weight is 290 g/mol. The van der Waals surface area contributed by atoms with Crippen molar-refractivity contribution in [3.8, 4) is 5.75 Å². The molecule has 0 unspecified atom stereocenters. The number of aromatic hydroxyl groups is 1. The van der Waals surface area contributed by atoms with E-state index in [2.05, 4.69) is 20.3 Å². The molecule has 1 heterocycles. The number of non-ortho nitro benzene ring substituents is 1. The molecule has 0 fully saturated rings. The van der Waals surface area contributed by atoms with E-state index in [0.717, 1.165) is 12.1 Å². The van der Waals surface area contributed by atoms with Crippen molar-refractivity contribution in [2.75, 3.05) is 5.32 Å². The summed E-state index contributed by atoms with van der Waals surface area (Å²) in [6, 6.07) is 6.05. The molecule has 3 rings (SSSR count). The minimum Gasteiger partial charge on any atom is -0.506 e. The lowest BCUT2D eigenvalue weighted by atomic mass is 10.2. The van der Waals surface area contributed by atoms with Crippen LogP contribution >= 0.6 is 0 Å². The lowest BCUT2D eigenvalue weighted by Gasteiger charge is -2.08. The van der Waals surface area contributed by atoms with Crippen LogP contribution in [0.3, 0.4) is 0 Å². The van der Waals surface area contributed by atoms with Crippen LogP contribution < -0.4 is 5.32 Å². The third kappa shape index (κ3) is 2.20. The van der Waals surface area contributed by atoms with Crippen LogP contribution in [0.4, 0.5) is 21.5 Å². The number of benzene rings is 2. The molecule has 2 N–H and O–H groups in total. The van der Waals surface area contributed by atoms with Crippen molar-refractivity contribution in [2.45, 2.75) is 0 Å². The number of aromatic nitrogens is 2. The number of nitro groups is 1. The maximum atomic E-state index is 12.9. The summed E-state index contributed by atoms with van der Waals surface area (Å²) in [6.07, 6.45) is 0. The number of fused-ring (bicyclic) bond motifs is 1. The van der Waals surface area contributed by atoms with Crippen LogP contribution in [0, 0.1) is 15.9 Å². The van der Waals surface area contributed by atoms with Crippen LogP contribution in [0.2, 0.25) is 0 Å². The molecular weight excluding hydrogens is 283 g/mol. The third-order valence-corrected chi connectivity index (χ3v) is 2.82. The molecule has 0 saturated heterocycles. The van der Waals surface area contributed by atoms with Gasteiger partial charge in [0.15, 0.2) is 5.52 Å². The molecule has 0 radical (unpaired) electrons. The van der Waals surface area contributed by atoms with E-state index in [1.54, 1.807) is 0 Å². The van der Waals surface area contributed by atoms with Gasteiger partial charge in [0.1, 0.15) is 11.6 Å². The molecule has 0 aliphatic heterocycles. The first-order valence-electron chi connectivity index (χ1n) is 5.71. The first-order valence-corrected chi connectivity index (χ1v) is 5.71. The Morgan fingerprint density at radius 3 is 2.62 bits per heavy atom. The molecule has 1 aromatic heterocycles. The van der Waals surface area contributed by atoms with Gasteiger partial charge < -0.3 is 10.4 Å². The van der Waals surface area contributed by atoms with Crippen LogP contribution in [0.15, 0.2) is 35.0 Å². The lowest BCUT2D eigenvalue weighted by Crippen LogP contribution is -1.95. The molecule has 3 aromatic rings. The number of hydrogen-bond acceptors (Lipinski definition) is 7. The largest absolute Gasteiger partial charge is 0.506 e. The number of rotatable bonds is 3. The first-order chi connectivity index (χ1) is 10.1. The van der Waals surface area contributed by atoms with E-state index < -0.39 is 10.7 Å². The van der Waals surface area contributed by atoms with Crippen molar-refractivity contribution in [1.82, 2.24) is 10.3 Å². The van der Waals surface area contributed by atoms with Crippen LogP contribution in [-0.2, 0) is 0 Å². The topological polar surface area (TPSA) is 114 Å². The number of nitrogens with one attached hydrogen (secondary N) is 1. The van der Waals surface area contributed by atoms with Crippen LogP contribution in [0.25, 0.3) is 11.0 Å². The molecule has 0 aliphatic carbocycles. The second kappa shape index (κ2) is 4.71. The summed E-state index contributed by atoms with van der Waals surface area (Å²) in [6.45, 7) is 0. The number of nitro benzene ring substituents is 1. The Labute approximate surface area is 115 Å². The van der Waals surface area contributed by atoms with Crippen LogP contribution in [-0.4, -0.2) is 20.3 Å². The highest BCUT2D eigenvalue weighted by molar-refractivity contribution is 5.95. The van der Waals surface area contributed by atoms with Crippen LogP contribution in [0.1, 0.15) is 0 Å². The fourth-order valence-corrected chi connectivity index (χ4v) is 1.86. The maximum absolute atomic E-state index is 12.9. The molecule has 106 valence electrons. The van der Waals surface area contributed by atoms with Gasteiger partial charge in [-0.2, -0.15) is 0 Å². The summed E-state index contributed by atoms with van der Waals surface area (Å²) in [5.41, 5.74) is 0.410. The van der Waals surface area contributed by atoms with E-state index in [1.165, 1.54) is 18.2 Å². The molecule has 0 bridgehead atoms. The van der Waals surface area contributed by atoms with E-state index in [0.29, 0.717) is 5.69 Å². The second-order valence-corrected chi connectivity index (χ2v) is 4.14. The van der Waals surface area contributed by atoms with Gasteiger partial charge in [-0.15, -0.1) is 0 Å². The number of phenols is 1. The summed E-state index contributed by atoms with van der Waals surface area (Å²) in [5, 5.41) is 30.4. The Morgan fingerprint density at radius 2 is 1.90 bits per heavy atom. The van der Waals surface area contributed by atoms with Crippen molar-refractivity contribution >= 4 is 28.1 Å². The predicted octanol–water partition coefficient (Wildman–Crippen LogP) is 2.72. The Kier molecular flexibility index (Phi) is 2.87. The first kappa shape index (κ1) is 12.8. The van der Waals surface area contributed by atoms with Crippen molar-refractivity contribution in [3.63, 3.8) is 0 Å². The molecule has 0 spiro atoms. The van der Waals surface area contributed by atoms with Crippen molar-refractivity contribution in [1.29, 1.82) is 0 Å². The van der Waals surface area contributed by atoms with Gasteiger partial charge >= 0.3 is 5.69 Å². The number of nitrogens with zero attached hydrogens (tertiary/aromatic N) is 3. The number of anilines is 2.